The average molecular weight is 557 g/mol. The number of anilines is 2. The second kappa shape index (κ2) is 11.6. The Morgan fingerprint density at radius 2 is 1.75 bits per heavy atom. The quantitative estimate of drug-likeness (QED) is 0.336. The van der Waals surface area contributed by atoms with E-state index in [9.17, 15) is 8.78 Å². The van der Waals surface area contributed by atoms with Crippen LogP contribution in [0, 0.1) is 11.6 Å². The molecule has 2 aromatic carbocycles. The number of aliphatic imine (C=N–C) groups is 1. The van der Waals surface area contributed by atoms with Crippen molar-refractivity contribution in [3.63, 3.8) is 0 Å². The van der Waals surface area contributed by atoms with Gasteiger partial charge in [-0.2, -0.15) is 0 Å². The Hall–Kier alpha value is -2.14. The van der Waals surface area contributed by atoms with Crippen LogP contribution in [0.25, 0.3) is 0 Å². The number of halogens is 3. The van der Waals surface area contributed by atoms with Crippen molar-refractivity contribution in [1.29, 1.82) is 0 Å². The molecule has 2 fully saturated rings. The number of hydrogen-bond acceptors (Lipinski definition) is 4. The van der Waals surface area contributed by atoms with Gasteiger partial charge in [0.2, 0.25) is 0 Å². The van der Waals surface area contributed by atoms with Gasteiger partial charge in [-0.15, -0.1) is 24.0 Å². The van der Waals surface area contributed by atoms with Gasteiger partial charge in [0.15, 0.2) is 5.96 Å². The lowest BCUT2D eigenvalue weighted by Crippen LogP contribution is -2.44. The van der Waals surface area contributed by atoms with Crippen LogP contribution in [0.5, 0.6) is 0 Å². The summed E-state index contributed by atoms with van der Waals surface area (Å²) in [6.07, 6.45) is 0.777. The molecule has 0 aliphatic carbocycles. The molecule has 9 heteroatoms. The summed E-state index contributed by atoms with van der Waals surface area (Å²) in [6.45, 7) is 4.99. The Bertz CT molecular complexity index is 903. The van der Waals surface area contributed by atoms with Crippen LogP contribution >= 0.6 is 24.0 Å². The molecule has 0 radical (unpaired) electrons. The molecular weight excluding hydrogens is 527 g/mol. The first-order valence-corrected chi connectivity index (χ1v) is 10.7. The molecule has 32 heavy (non-hydrogen) atoms. The van der Waals surface area contributed by atoms with Crippen molar-refractivity contribution in [3.05, 3.63) is 59.7 Å². The predicted octanol–water partition coefficient (Wildman–Crippen LogP) is 3.36. The summed E-state index contributed by atoms with van der Waals surface area (Å²) in [7, 11) is 1.73. The molecule has 0 saturated carbocycles. The zero-order valence-electron chi connectivity index (χ0n) is 18.2. The molecule has 174 valence electrons. The van der Waals surface area contributed by atoms with E-state index in [1.807, 2.05) is 6.07 Å². The molecule has 4 rings (SSSR count). The predicted molar refractivity (Wildman–Crippen MR) is 135 cm³/mol. The van der Waals surface area contributed by atoms with Crippen LogP contribution in [-0.4, -0.2) is 58.4 Å². The minimum atomic E-state index is -0.525. The normalized spacial score (nSPS) is 19.0. The second-order valence-electron chi connectivity index (χ2n) is 7.80. The molecule has 1 unspecified atom stereocenters. The molecule has 2 aliphatic heterocycles. The van der Waals surface area contributed by atoms with Crippen LogP contribution in [0.4, 0.5) is 20.2 Å². The monoisotopic (exact) mass is 557 g/mol. The van der Waals surface area contributed by atoms with Crippen molar-refractivity contribution in [2.24, 2.45) is 4.99 Å². The van der Waals surface area contributed by atoms with Gasteiger partial charge >= 0.3 is 0 Å². The average Bonchev–Trinajstić information content (AvgIpc) is 3.25. The van der Waals surface area contributed by atoms with Gasteiger partial charge in [0.25, 0.3) is 0 Å². The van der Waals surface area contributed by atoms with E-state index >= 15 is 0 Å². The van der Waals surface area contributed by atoms with E-state index < -0.39 is 11.6 Å². The number of hydrogen-bond donors (Lipinski definition) is 2. The zero-order valence-corrected chi connectivity index (χ0v) is 20.5. The summed E-state index contributed by atoms with van der Waals surface area (Å²) in [5.74, 6) is -0.372. The van der Waals surface area contributed by atoms with Crippen molar-refractivity contribution >= 4 is 41.3 Å². The van der Waals surface area contributed by atoms with E-state index in [0.29, 0.717) is 25.6 Å². The molecule has 2 N–H and O–H groups in total. The van der Waals surface area contributed by atoms with Crippen LogP contribution in [0.15, 0.2) is 47.5 Å². The first-order chi connectivity index (χ1) is 15.2. The fraction of sp³-hybridized carbons (Fsp3) is 0.435. The van der Waals surface area contributed by atoms with E-state index in [0.717, 1.165) is 32.7 Å². The zero-order chi connectivity index (χ0) is 21.6. The molecule has 2 heterocycles. The van der Waals surface area contributed by atoms with E-state index in [4.69, 9.17) is 4.74 Å². The van der Waals surface area contributed by atoms with Gasteiger partial charge in [-0.25, -0.2) is 8.78 Å². The molecule has 0 spiro atoms. The van der Waals surface area contributed by atoms with Crippen LogP contribution < -0.4 is 20.4 Å². The van der Waals surface area contributed by atoms with Crippen LogP contribution in [0.1, 0.15) is 12.0 Å². The fourth-order valence-electron chi connectivity index (χ4n) is 4.21. The highest BCUT2D eigenvalue weighted by atomic mass is 127. The minimum absolute atomic E-state index is 0. The Kier molecular flexibility index (Phi) is 8.92. The molecule has 2 aromatic rings. The lowest BCUT2D eigenvalue weighted by molar-refractivity contribution is 0.122. The maximum Gasteiger partial charge on any atom is 0.191 e. The number of nitrogens with zero attached hydrogens (tertiary/aromatic N) is 3. The lowest BCUT2D eigenvalue weighted by atomic mass is 10.1. The third-order valence-corrected chi connectivity index (χ3v) is 5.80. The molecule has 6 nitrogen and oxygen atoms in total. The second-order valence-corrected chi connectivity index (χ2v) is 7.80. The van der Waals surface area contributed by atoms with Crippen molar-refractivity contribution < 1.29 is 13.5 Å². The summed E-state index contributed by atoms with van der Waals surface area (Å²) in [6, 6.07) is 12.4. The van der Waals surface area contributed by atoms with Crippen molar-refractivity contribution in [2.75, 3.05) is 56.2 Å². The molecule has 0 amide bonds. The Morgan fingerprint density at radius 1 is 1.03 bits per heavy atom. The fourth-order valence-corrected chi connectivity index (χ4v) is 4.21. The topological polar surface area (TPSA) is 52.1 Å². The van der Waals surface area contributed by atoms with Crippen molar-refractivity contribution in [3.8, 4) is 0 Å². The standard InChI is InChI=1S/C23H29F2N5O.HI/c1-26-23(27-15-17-5-2-3-8-21(17)29-11-13-31-14-12-29)28-18-9-10-30(16-18)22-19(24)6-4-7-20(22)25;/h2-8,18H,9-16H2,1H3,(H2,26,27,28);1H. The van der Waals surface area contributed by atoms with E-state index in [1.165, 1.54) is 29.4 Å². The Morgan fingerprint density at radius 3 is 2.47 bits per heavy atom. The summed E-state index contributed by atoms with van der Waals surface area (Å²) in [5.41, 5.74) is 2.44. The Labute approximate surface area is 205 Å². The van der Waals surface area contributed by atoms with Crippen LogP contribution in [-0.2, 0) is 11.3 Å². The van der Waals surface area contributed by atoms with Gasteiger partial charge in [0, 0.05) is 51.5 Å². The third kappa shape index (κ3) is 5.80. The van der Waals surface area contributed by atoms with Crippen LogP contribution in [0.2, 0.25) is 0 Å². The highest BCUT2D eigenvalue weighted by Crippen LogP contribution is 2.27. The smallest absolute Gasteiger partial charge is 0.191 e. The van der Waals surface area contributed by atoms with Crippen molar-refractivity contribution in [2.45, 2.75) is 19.0 Å². The molecule has 1 atom stereocenters. The number of nitrogens with one attached hydrogen (secondary N) is 2. The SMILES string of the molecule is CN=C(NCc1ccccc1N1CCOCC1)NC1CCN(c2c(F)cccc2F)C1.I. The number of para-hydroxylation sites is 2. The van der Waals surface area contributed by atoms with Gasteiger partial charge in [-0.3, -0.25) is 4.99 Å². The third-order valence-electron chi connectivity index (χ3n) is 5.80. The molecular formula is C23H30F2IN5O. The van der Waals surface area contributed by atoms with E-state index in [2.05, 4.69) is 38.7 Å². The minimum Gasteiger partial charge on any atom is -0.378 e. The molecule has 0 aromatic heterocycles. The van der Waals surface area contributed by atoms with Gasteiger partial charge in [-0.05, 0) is 30.2 Å². The van der Waals surface area contributed by atoms with Crippen molar-refractivity contribution in [1.82, 2.24) is 10.6 Å². The highest BCUT2D eigenvalue weighted by molar-refractivity contribution is 14.0. The number of guanidine groups is 1. The number of ether oxygens (including phenoxy) is 1. The Balaban J connectivity index is 0.00000289. The number of benzene rings is 2. The molecule has 2 saturated heterocycles. The first kappa shape index (κ1) is 24.5. The molecule has 0 bridgehead atoms. The van der Waals surface area contributed by atoms with E-state index in [1.54, 1.807) is 11.9 Å². The summed E-state index contributed by atoms with van der Waals surface area (Å²) < 4.78 is 33.7. The van der Waals surface area contributed by atoms with Crippen LogP contribution in [0.3, 0.4) is 0 Å². The van der Waals surface area contributed by atoms with Gasteiger partial charge in [-0.1, -0.05) is 24.3 Å². The number of rotatable bonds is 5. The summed E-state index contributed by atoms with van der Waals surface area (Å²) >= 11 is 0. The molecule has 2 aliphatic rings. The maximum absolute atomic E-state index is 14.1. The summed E-state index contributed by atoms with van der Waals surface area (Å²) in [4.78, 5) is 8.43. The maximum atomic E-state index is 14.1. The first-order valence-electron chi connectivity index (χ1n) is 10.7. The van der Waals surface area contributed by atoms with E-state index in [-0.39, 0.29) is 35.7 Å². The van der Waals surface area contributed by atoms with Gasteiger partial charge in [0.1, 0.15) is 17.3 Å². The summed E-state index contributed by atoms with van der Waals surface area (Å²) in [5, 5.41) is 6.78. The lowest BCUT2D eigenvalue weighted by Gasteiger charge is -2.30. The van der Waals surface area contributed by atoms with Gasteiger partial charge < -0.3 is 25.2 Å². The largest absolute Gasteiger partial charge is 0.378 e. The highest BCUT2D eigenvalue weighted by Gasteiger charge is 2.27. The number of morpholine rings is 1. The van der Waals surface area contributed by atoms with Gasteiger partial charge in [0.05, 0.1) is 13.2 Å².